The second-order valence-corrected chi connectivity index (χ2v) is 6.98. The van der Waals surface area contributed by atoms with Gasteiger partial charge < -0.3 is 5.32 Å². The largest absolute Gasteiger partial charge is 0.386 e. The lowest BCUT2D eigenvalue weighted by Crippen LogP contribution is -2.29. The average molecular weight is 291 g/mol. The van der Waals surface area contributed by atoms with Gasteiger partial charge in [-0.25, -0.2) is 18.1 Å². The van der Waals surface area contributed by atoms with E-state index in [4.69, 9.17) is 0 Å². The first-order valence-electron chi connectivity index (χ1n) is 5.48. The van der Waals surface area contributed by atoms with Gasteiger partial charge in [-0.2, -0.15) is 0 Å². The van der Waals surface area contributed by atoms with Gasteiger partial charge in [-0.15, -0.1) is 0 Å². The molecular formula is C10H17N3O3S2. The van der Waals surface area contributed by atoms with Crippen molar-refractivity contribution in [1.29, 1.82) is 0 Å². The van der Waals surface area contributed by atoms with Gasteiger partial charge in [-0.3, -0.25) is 4.21 Å². The fraction of sp³-hybridized carbons (Fsp3) is 0.500. The molecule has 0 spiro atoms. The maximum absolute atomic E-state index is 12.0. The predicted molar refractivity (Wildman–Crippen MR) is 72.5 cm³/mol. The summed E-state index contributed by atoms with van der Waals surface area (Å²) in [6.07, 6.45) is 1.42. The summed E-state index contributed by atoms with van der Waals surface area (Å²) < 4.78 is 37.5. The van der Waals surface area contributed by atoms with Gasteiger partial charge in [0, 0.05) is 42.1 Å². The molecule has 6 nitrogen and oxygen atoms in total. The summed E-state index contributed by atoms with van der Waals surface area (Å²) >= 11 is 0. The zero-order chi connectivity index (χ0) is 13.6. The summed E-state index contributed by atoms with van der Waals surface area (Å²) in [5, 5.41) is 2.72. The smallest absolute Gasteiger partial charge is 0.260 e. The normalized spacial score (nSPS) is 13.2. The third kappa shape index (κ3) is 4.04. The second kappa shape index (κ2) is 6.81. The molecule has 0 aliphatic rings. The van der Waals surface area contributed by atoms with Crippen LogP contribution in [0.25, 0.3) is 0 Å². The Morgan fingerprint density at radius 3 is 2.78 bits per heavy atom. The summed E-state index contributed by atoms with van der Waals surface area (Å²) in [5.41, 5.74) is 0.432. The summed E-state index contributed by atoms with van der Waals surface area (Å²) in [4.78, 5) is 3.85. The van der Waals surface area contributed by atoms with Gasteiger partial charge in [0.2, 0.25) is 0 Å². The molecule has 0 saturated heterocycles. The molecule has 1 atom stereocenters. The van der Waals surface area contributed by atoms with Gasteiger partial charge in [0.1, 0.15) is 0 Å². The van der Waals surface area contributed by atoms with Crippen molar-refractivity contribution in [2.24, 2.45) is 0 Å². The minimum Gasteiger partial charge on any atom is -0.386 e. The molecular weight excluding hydrogens is 274 g/mol. The van der Waals surface area contributed by atoms with E-state index in [9.17, 15) is 12.6 Å². The van der Waals surface area contributed by atoms with E-state index in [1.54, 1.807) is 26.1 Å². The van der Waals surface area contributed by atoms with Crippen molar-refractivity contribution >= 4 is 26.5 Å². The van der Waals surface area contributed by atoms with Gasteiger partial charge >= 0.3 is 0 Å². The first-order valence-corrected chi connectivity index (χ1v) is 8.45. The number of nitrogens with zero attached hydrogens (tertiary/aromatic N) is 1. The van der Waals surface area contributed by atoms with Crippen LogP contribution >= 0.6 is 0 Å². The molecule has 8 heteroatoms. The SMILES string of the molecule is CCS(=O)CCNS(=O)(=O)c1ncccc1NC. The van der Waals surface area contributed by atoms with Crippen LogP contribution in [0, 0.1) is 0 Å². The lowest BCUT2D eigenvalue weighted by atomic mass is 10.4. The van der Waals surface area contributed by atoms with Gasteiger partial charge in [-0.05, 0) is 12.1 Å². The van der Waals surface area contributed by atoms with E-state index in [2.05, 4.69) is 15.0 Å². The summed E-state index contributed by atoms with van der Waals surface area (Å²) in [6, 6.07) is 3.28. The monoisotopic (exact) mass is 291 g/mol. The molecule has 1 rings (SSSR count). The summed E-state index contributed by atoms with van der Waals surface area (Å²) in [6.45, 7) is 1.94. The van der Waals surface area contributed by atoms with Crippen molar-refractivity contribution < 1.29 is 12.6 Å². The Morgan fingerprint density at radius 1 is 1.44 bits per heavy atom. The van der Waals surface area contributed by atoms with Crippen molar-refractivity contribution in [1.82, 2.24) is 9.71 Å². The van der Waals surface area contributed by atoms with E-state index < -0.39 is 20.8 Å². The molecule has 1 aromatic rings. The van der Waals surface area contributed by atoms with Gasteiger partial charge in [0.25, 0.3) is 10.0 Å². The molecule has 0 fully saturated rings. The Kier molecular flexibility index (Phi) is 5.70. The highest BCUT2D eigenvalue weighted by Crippen LogP contribution is 2.16. The van der Waals surface area contributed by atoms with Crippen LogP contribution in [0.15, 0.2) is 23.4 Å². The lowest BCUT2D eigenvalue weighted by Gasteiger charge is -2.09. The Bertz CT molecular complexity index is 517. The van der Waals surface area contributed by atoms with Crippen molar-refractivity contribution in [3.8, 4) is 0 Å². The molecule has 0 aliphatic carbocycles. The fourth-order valence-electron chi connectivity index (χ4n) is 1.30. The molecule has 2 N–H and O–H groups in total. The van der Waals surface area contributed by atoms with Crippen molar-refractivity contribution in [3.63, 3.8) is 0 Å². The van der Waals surface area contributed by atoms with Crippen LogP contribution in [0.5, 0.6) is 0 Å². The second-order valence-electron chi connectivity index (χ2n) is 3.44. The van der Waals surface area contributed by atoms with Crippen LogP contribution < -0.4 is 10.0 Å². The number of sulfonamides is 1. The van der Waals surface area contributed by atoms with Gasteiger partial charge in [-0.1, -0.05) is 6.92 Å². The molecule has 0 amide bonds. The molecule has 1 heterocycles. The third-order valence-corrected chi connectivity index (χ3v) is 4.96. The van der Waals surface area contributed by atoms with E-state index in [-0.39, 0.29) is 11.6 Å². The van der Waals surface area contributed by atoms with E-state index in [0.717, 1.165) is 0 Å². The van der Waals surface area contributed by atoms with Crippen LogP contribution in [0.3, 0.4) is 0 Å². The lowest BCUT2D eigenvalue weighted by molar-refractivity contribution is 0.580. The van der Waals surface area contributed by atoms with E-state index in [1.807, 2.05) is 0 Å². The molecule has 0 bridgehead atoms. The standard InChI is InChI=1S/C10H17N3O3S2/c1-3-17(14)8-7-13-18(15,16)10-9(11-2)5-4-6-12-10/h4-6,11,13H,3,7-8H2,1-2H3. The fourth-order valence-corrected chi connectivity index (χ4v) is 3.21. The summed E-state index contributed by atoms with van der Waals surface area (Å²) in [7, 11) is -3.03. The molecule has 102 valence electrons. The maximum atomic E-state index is 12.0. The Balaban J connectivity index is 2.77. The maximum Gasteiger partial charge on any atom is 0.260 e. The molecule has 1 unspecified atom stereocenters. The molecule has 18 heavy (non-hydrogen) atoms. The Labute approximate surface area is 110 Å². The average Bonchev–Trinajstić information content (AvgIpc) is 2.38. The highest BCUT2D eigenvalue weighted by Gasteiger charge is 2.19. The minimum absolute atomic E-state index is 0.0465. The first kappa shape index (κ1) is 15.1. The molecule has 0 saturated carbocycles. The quantitative estimate of drug-likeness (QED) is 0.747. The molecule has 0 aliphatic heterocycles. The molecule has 0 radical (unpaired) electrons. The molecule has 1 aromatic heterocycles. The van der Waals surface area contributed by atoms with Gasteiger partial charge in [0.15, 0.2) is 5.03 Å². The number of hydrogen-bond acceptors (Lipinski definition) is 5. The third-order valence-electron chi connectivity index (χ3n) is 2.24. The summed E-state index contributed by atoms with van der Waals surface area (Å²) in [5.74, 6) is 0.824. The topological polar surface area (TPSA) is 88.2 Å². The van der Waals surface area contributed by atoms with Crippen LogP contribution in [-0.4, -0.2) is 42.7 Å². The highest BCUT2D eigenvalue weighted by atomic mass is 32.2. The number of nitrogens with one attached hydrogen (secondary N) is 2. The zero-order valence-corrected chi connectivity index (χ0v) is 12.0. The Morgan fingerprint density at radius 2 is 2.17 bits per heavy atom. The van der Waals surface area contributed by atoms with Crippen molar-refractivity contribution in [2.45, 2.75) is 11.9 Å². The minimum atomic E-state index is -3.66. The van der Waals surface area contributed by atoms with Crippen molar-refractivity contribution in [2.75, 3.05) is 30.4 Å². The highest BCUT2D eigenvalue weighted by molar-refractivity contribution is 7.89. The number of rotatable bonds is 7. The zero-order valence-electron chi connectivity index (χ0n) is 10.3. The Hall–Kier alpha value is -0.990. The molecule has 0 aromatic carbocycles. The van der Waals surface area contributed by atoms with Crippen LogP contribution in [-0.2, 0) is 20.8 Å². The van der Waals surface area contributed by atoms with Crippen LogP contribution in [0.1, 0.15) is 6.92 Å². The van der Waals surface area contributed by atoms with Crippen molar-refractivity contribution in [3.05, 3.63) is 18.3 Å². The number of hydrogen-bond donors (Lipinski definition) is 2. The number of aromatic nitrogens is 1. The number of pyridine rings is 1. The van der Waals surface area contributed by atoms with E-state index in [0.29, 0.717) is 17.2 Å². The predicted octanol–water partition coefficient (Wildman–Crippen LogP) is 0.170. The first-order chi connectivity index (χ1) is 8.51. The van der Waals surface area contributed by atoms with E-state index >= 15 is 0 Å². The number of anilines is 1. The van der Waals surface area contributed by atoms with Gasteiger partial charge in [0.05, 0.1) is 5.69 Å². The van der Waals surface area contributed by atoms with Crippen LogP contribution in [0.2, 0.25) is 0 Å². The van der Waals surface area contributed by atoms with E-state index in [1.165, 1.54) is 6.20 Å². The van der Waals surface area contributed by atoms with Crippen LogP contribution in [0.4, 0.5) is 5.69 Å².